The molecule has 0 aromatic rings. The number of carboxylic acid groups (broad SMARTS) is 1. The third kappa shape index (κ3) is 8.58. The van der Waals surface area contributed by atoms with Crippen LogP contribution in [-0.4, -0.2) is 59.3 Å². The van der Waals surface area contributed by atoms with Gasteiger partial charge < -0.3 is 25.6 Å². The van der Waals surface area contributed by atoms with E-state index in [1.54, 1.807) is 0 Å². The van der Waals surface area contributed by atoms with Gasteiger partial charge in [-0.2, -0.15) is 0 Å². The summed E-state index contributed by atoms with van der Waals surface area (Å²) in [7, 11) is 0. The molecule has 0 radical (unpaired) electrons. The molecule has 2 amide bonds. The molecule has 0 unspecified atom stereocenters. The summed E-state index contributed by atoms with van der Waals surface area (Å²) in [5, 5.41) is 21.5. The van der Waals surface area contributed by atoms with E-state index in [0.29, 0.717) is 13.0 Å². The zero-order valence-corrected chi connectivity index (χ0v) is 11.9. The Kier molecular flexibility index (Phi) is 8.70. The van der Waals surface area contributed by atoms with Crippen molar-refractivity contribution in [1.29, 1.82) is 0 Å². The lowest BCUT2D eigenvalue weighted by Gasteiger charge is -2.10. The number of cyclic esters (lactones) is 1. The number of hydrogen-bond acceptors (Lipinski definition) is 6. The molecule has 2 atom stereocenters. The minimum absolute atomic E-state index is 0.0366. The molecule has 0 aromatic carbocycles. The van der Waals surface area contributed by atoms with E-state index in [9.17, 15) is 19.2 Å². The lowest BCUT2D eigenvalue weighted by atomic mass is 10.2. The average Bonchev–Trinajstić information content (AvgIpc) is 2.74. The molecule has 0 saturated carbocycles. The van der Waals surface area contributed by atoms with E-state index in [0.717, 1.165) is 0 Å². The van der Waals surface area contributed by atoms with Crippen LogP contribution in [0.25, 0.3) is 0 Å². The first-order chi connectivity index (χ1) is 9.77. The molecule has 0 aliphatic carbocycles. The van der Waals surface area contributed by atoms with Crippen molar-refractivity contribution >= 4 is 23.8 Å². The van der Waals surface area contributed by atoms with Crippen LogP contribution < -0.4 is 10.6 Å². The molecule has 120 valence electrons. The zero-order valence-electron chi connectivity index (χ0n) is 11.9. The zero-order chi connectivity index (χ0) is 16.4. The molecule has 1 rings (SSSR count). The van der Waals surface area contributed by atoms with Crippen molar-refractivity contribution in [3.05, 3.63) is 0 Å². The van der Waals surface area contributed by atoms with Crippen LogP contribution in [0.1, 0.15) is 26.7 Å². The number of carbonyl (C=O) groups excluding carboxylic acids is 3. The number of aliphatic hydroxyl groups is 1. The number of hydrogen-bond donors (Lipinski definition) is 4. The normalized spacial score (nSPS) is 17.9. The largest absolute Gasteiger partial charge is 0.480 e. The second-order valence-corrected chi connectivity index (χ2v) is 4.31. The van der Waals surface area contributed by atoms with Crippen molar-refractivity contribution in [2.45, 2.75) is 38.8 Å². The molecular weight excluding hydrogens is 284 g/mol. The number of carboxylic acids is 1. The average molecular weight is 304 g/mol. The third-order valence-corrected chi connectivity index (χ3v) is 2.41. The van der Waals surface area contributed by atoms with Crippen molar-refractivity contribution in [2.24, 2.45) is 0 Å². The van der Waals surface area contributed by atoms with Crippen LogP contribution in [0.3, 0.4) is 0 Å². The molecular formula is C12H20N2O7. The molecule has 9 heteroatoms. The molecule has 4 N–H and O–H groups in total. The van der Waals surface area contributed by atoms with Crippen LogP contribution in [-0.2, 0) is 23.9 Å². The SMILES string of the molecule is CC(=O)N[C@@H](CCO)C(=O)O.CC(=O)N[C@H]1CCOC1=O. The van der Waals surface area contributed by atoms with E-state index in [1.807, 2.05) is 0 Å². The molecule has 1 aliphatic rings. The van der Waals surface area contributed by atoms with Gasteiger partial charge in [-0.05, 0) is 0 Å². The highest BCUT2D eigenvalue weighted by Crippen LogP contribution is 2.04. The van der Waals surface area contributed by atoms with Crippen molar-refractivity contribution in [3.63, 3.8) is 0 Å². The number of amides is 2. The maximum atomic E-state index is 10.7. The fraction of sp³-hybridized carbons (Fsp3) is 0.667. The highest BCUT2D eigenvalue weighted by atomic mass is 16.5. The highest BCUT2D eigenvalue weighted by Gasteiger charge is 2.26. The second kappa shape index (κ2) is 9.70. The van der Waals surface area contributed by atoms with E-state index in [4.69, 9.17) is 10.2 Å². The van der Waals surface area contributed by atoms with Gasteiger partial charge >= 0.3 is 11.9 Å². The van der Waals surface area contributed by atoms with Crippen molar-refractivity contribution in [3.8, 4) is 0 Å². The quantitative estimate of drug-likeness (QED) is 0.448. The molecule has 0 spiro atoms. The third-order valence-electron chi connectivity index (χ3n) is 2.41. The Balaban J connectivity index is 0.000000382. The molecule has 1 heterocycles. The fourth-order valence-corrected chi connectivity index (χ4v) is 1.50. The Labute approximate surface area is 121 Å². The summed E-state index contributed by atoms with van der Waals surface area (Å²) >= 11 is 0. The van der Waals surface area contributed by atoms with Crippen molar-refractivity contribution in [2.75, 3.05) is 13.2 Å². The van der Waals surface area contributed by atoms with Gasteiger partial charge in [-0.3, -0.25) is 9.59 Å². The van der Waals surface area contributed by atoms with Crippen molar-refractivity contribution < 1.29 is 34.1 Å². The fourth-order valence-electron chi connectivity index (χ4n) is 1.50. The van der Waals surface area contributed by atoms with Crippen LogP contribution in [0.5, 0.6) is 0 Å². The summed E-state index contributed by atoms with van der Waals surface area (Å²) < 4.78 is 4.61. The standard InChI is InChI=1S/C6H11NO4.C6H9NO3/c1-4(9)7-5(2-3-8)6(10)11;1-4(8)7-5-2-3-10-6(5)9/h5,8H,2-3H2,1H3,(H,7,9)(H,10,11);5H,2-3H2,1H3,(H,7,8)/t2*5-/m00/s1. The summed E-state index contributed by atoms with van der Waals surface area (Å²) in [6.07, 6.45) is 0.632. The topological polar surface area (TPSA) is 142 Å². The van der Waals surface area contributed by atoms with Gasteiger partial charge in [0.25, 0.3) is 0 Å². The molecule has 21 heavy (non-hydrogen) atoms. The van der Waals surface area contributed by atoms with Gasteiger partial charge in [0.05, 0.1) is 6.61 Å². The molecule has 1 fully saturated rings. The number of nitrogens with one attached hydrogen (secondary N) is 2. The molecule has 0 aromatic heterocycles. The number of aliphatic hydroxyl groups excluding tert-OH is 1. The van der Waals surface area contributed by atoms with E-state index in [-0.39, 0.29) is 24.9 Å². The van der Waals surface area contributed by atoms with Gasteiger partial charge in [-0.1, -0.05) is 0 Å². The first-order valence-corrected chi connectivity index (χ1v) is 6.32. The summed E-state index contributed by atoms with van der Waals surface area (Å²) in [6, 6.07) is -1.38. The van der Waals surface area contributed by atoms with Gasteiger partial charge in [0.2, 0.25) is 11.8 Å². The van der Waals surface area contributed by atoms with Crippen LogP contribution in [0, 0.1) is 0 Å². The maximum Gasteiger partial charge on any atom is 0.328 e. The summed E-state index contributed by atoms with van der Waals surface area (Å²) in [5.74, 6) is -2.06. The van der Waals surface area contributed by atoms with Crippen molar-refractivity contribution in [1.82, 2.24) is 10.6 Å². The summed E-state index contributed by atoms with van der Waals surface area (Å²) in [4.78, 5) is 41.8. The molecule has 0 bridgehead atoms. The minimum atomic E-state index is -1.13. The molecule has 1 aliphatic heterocycles. The number of ether oxygens (including phenoxy) is 1. The second-order valence-electron chi connectivity index (χ2n) is 4.31. The maximum absolute atomic E-state index is 10.7. The number of rotatable bonds is 5. The Morgan fingerprint density at radius 1 is 1.33 bits per heavy atom. The smallest absolute Gasteiger partial charge is 0.328 e. The lowest BCUT2D eigenvalue weighted by molar-refractivity contribution is -0.142. The van der Waals surface area contributed by atoms with Gasteiger partial charge in [0.1, 0.15) is 12.1 Å². The summed E-state index contributed by atoms with van der Waals surface area (Å²) in [6.45, 7) is 2.78. The monoisotopic (exact) mass is 304 g/mol. The summed E-state index contributed by atoms with van der Waals surface area (Å²) in [5.41, 5.74) is 0. The van der Waals surface area contributed by atoms with Gasteiger partial charge in [-0.15, -0.1) is 0 Å². The first kappa shape index (κ1) is 18.8. The Morgan fingerprint density at radius 2 is 1.95 bits per heavy atom. The highest BCUT2D eigenvalue weighted by molar-refractivity contribution is 5.84. The minimum Gasteiger partial charge on any atom is -0.480 e. The van der Waals surface area contributed by atoms with E-state index < -0.39 is 24.0 Å². The predicted molar refractivity (Wildman–Crippen MR) is 70.1 cm³/mol. The van der Waals surface area contributed by atoms with Crippen LogP contribution >= 0.6 is 0 Å². The lowest BCUT2D eigenvalue weighted by Crippen LogP contribution is -2.40. The molecule has 9 nitrogen and oxygen atoms in total. The Morgan fingerprint density at radius 3 is 2.29 bits per heavy atom. The first-order valence-electron chi connectivity index (χ1n) is 6.32. The van der Waals surface area contributed by atoms with E-state index >= 15 is 0 Å². The van der Waals surface area contributed by atoms with Crippen LogP contribution in [0.2, 0.25) is 0 Å². The van der Waals surface area contributed by atoms with E-state index in [1.165, 1.54) is 13.8 Å². The Hall–Kier alpha value is -2.16. The number of carbonyl (C=O) groups is 4. The Bertz CT molecular complexity index is 397. The number of aliphatic carboxylic acids is 1. The van der Waals surface area contributed by atoms with Gasteiger partial charge in [0, 0.05) is 33.3 Å². The van der Waals surface area contributed by atoms with Gasteiger partial charge in [0.15, 0.2) is 0 Å². The number of esters is 1. The van der Waals surface area contributed by atoms with Crippen LogP contribution in [0.15, 0.2) is 0 Å². The van der Waals surface area contributed by atoms with E-state index in [2.05, 4.69) is 15.4 Å². The molecule has 1 saturated heterocycles. The van der Waals surface area contributed by atoms with Gasteiger partial charge in [-0.25, -0.2) is 9.59 Å². The predicted octanol–water partition coefficient (Wildman–Crippen LogP) is -1.60. The van der Waals surface area contributed by atoms with Crippen LogP contribution in [0.4, 0.5) is 0 Å².